The van der Waals surface area contributed by atoms with Crippen LogP contribution >= 0.6 is 11.3 Å². The third-order valence-electron chi connectivity index (χ3n) is 4.55. The highest BCUT2D eigenvalue weighted by atomic mass is 32.1. The van der Waals surface area contributed by atoms with Crippen LogP contribution in [0.5, 0.6) is 5.75 Å². The summed E-state index contributed by atoms with van der Waals surface area (Å²) in [5, 5.41) is 4.09. The van der Waals surface area contributed by atoms with Gasteiger partial charge in [0.2, 0.25) is 11.8 Å². The number of methoxy groups -OCH3 is 1. The SMILES string of the molecule is COc1ccc(CCN2C(=O)C[C@H](N(C)Cc3ccsc3)C2=O)cc1. The number of benzene rings is 1. The molecule has 3 rings (SSSR count). The van der Waals surface area contributed by atoms with Crippen molar-refractivity contribution in [1.29, 1.82) is 0 Å². The zero-order chi connectivity index (χ0) is 17.8. The van der Waals surface area contributed by atoms with E-state index in [1.165, 1.54) is 10.5 Å². The summed E-state index contributed by atoms with van der Waals surface area (Å²) >= 11 is 1.64. The van der Waals surface area contributed by atoms with E-state index in [4.69, 9.17) is 4.74 Å². The highest BCUT2D eigenvalue weighted by Gasteiger charge is 2.40. The van der Waals surface area contributed by atoms with Crippen molar-refractivity contribution in [3.63, 3.8) is 0 Å². The van der Waals surface area contributed by atoms with Gasteiger partial charge in [-0.25, -0.2) is 0 Å². The van der Waals surface area contributed by atoms with Crippen molar-refractivity contribution in [2.24, 2.45) is 0 Å². The van der Waals surface area contributed by atoms with Gasteiger partial charge in [0.1, 0.15) is 5.75 Å². The van der Waals surface area contributed by atoms with Crippen LogP contribution in [-0.4, -0.2) is 48.4 Å². The quantitative estimate of drug-likeness (QED) is 0.714. The predicted molar refractivity (Wildman–Crippen MR) is 97.6 cm³/mol. The molecule has 1 aromatic carbocycles. The normalized spacial score (nSPS) is 17.6. The summed E-state index contributed by atoms with van der Waals surface area (Å²) in [5.74, 6) is 0.629. The number of carbonyl (C=O) groups excluding carboxylic acids is 2. The van der Waals surface area contributed by atoms with E-state index in [-0.39, 0.29) is 24.3 Å². The fraction of sp³-hybridized carbons (Fsp3) is 0.368. The Balaban J connectivity index is 1.58. The number of ether oxygens (including phenoxy) is 1. The van der Waals surface area contributed by atoms with Gasteiger partial charge in [0.15, 0.2) is 0 Å². The first-order valence-corrected chi connectivity index (χ1v) is 9.21. The number of carbonyl (C=O) groups is 2. The summed E-state index contributed by atoms with van der Waals surface area (Å²) in [5.41, 5.74) is 2.25. The first kappa shape index (κ1) is 17.6. The summed E-state index contributed by atoms with van der Waals surface area (Å²) < 4.78 is 5.14. The maximum absolute atomic E-state index is 12.7. The summed E-state index contributed by atoms with van der Waals surface area (Å²) in [4.78, 5) is 28.3. The fourth-order valence-corrected chi connectivity index (χ4v) is 3.72. The van der Waals surface area contributed by atoms with Crippen LogP contribution in [0.15, 0.2) is 41.1 Å². The molecule has 0 unspecified atom stereocenters. The van der Waals surface area contributed by atoms with Crippen molar-refractivity contribution in [3.05, 3.63) is 52.2 Å². The minimum atomic E-state index is -0.358. The number of imide groups is 1. The predicted octanol–water partition coefficient (Wildman–Crippen LogP) is 2.56. The average molecular weight is 358 g/mol. The zero-order valence-electron chi connectivity index (χ0n) is 14.5. The van der Waals surface area contributed by atoms with Gasteiger partial charge in [-0.2, -0.15) is 11.3 Å². The smallest absolute Gasteiger partial charge is 0.247 e. The minimum Gasteiger partial charge on any atom is -0.497 e. The van der Waals surface area contributed by atoms with Crippen LogP contribution in [0, 0.1) is 0 Å². The van der Waals surface area contributed by atoms with E-state index in [9.17, 15) is 9.59 Å². The lowest BCUT2D eigenvalue weighted by Gasteiger charge is -2.22. The van der Waals surface area contributed by atoms with E-state index >= 15 is 0 Å². The van der Waals surface area contributed by atoms with Crippen molar-refractivity contribution in [2.45, 2.75) is 25.4 Å². The second kappa shape index (κ2) is 7.80. The van der Waals surface area contributed by atoms with Crippen molar-refractivity contribution in [1.82, 2.24) is 9.80 Å². The van der Waals surface area contributed by atoms with Gasteiger partial charge in [-0.15, -0.1) is 0 Å². The first-order chi connectivity index (χ1) is 12.1. The standard InChI is InChI=1S/C19H22N2O3S/c1-20(12-15-8-10-25-13-15)17-11-18(22)21(19(17)23)9-7-14-3-5-16(24-2)6-4-14/h3-6,8,10,13,17H,7,9,11-12H2,1-2H3/t17-/m0/s1. The number of hydrogen-bond donors (Lipinski definition) is 0. The Morgan fingerprint density at radius 2 is 1.96 bits per heavy atom. The highest BCUT2D eigenvalue weighted by Crippen LogP contribution is 2.21. The Morgan fingerprint density at radius 1 is 1.20 bits per heavy atom. The van der Waals surface area contributed by atoms with Crippen LogP contribution < -0.4 is 4.74 Å². The molecule has 0 spiro atoms. The van der Waals surface area contributed by atoms with Crippen molar-refractivity contribution in [2.75, 3.05) is 20.7 Å². The number of likely N-dealkylation sites (tertiary alicyclic amines) is 1. The molecule has 2 heterocycles. The third kappa shape index (κ3) is 4.08. The van der Waals surface area contributed by atoms with Gasteiger partial charge in [-0.3, -0.25) is 19.4 Å². The number of amides is 2. The zero-order valence-corrected chi connectivity index (χ0v) is 15.3. The minimum absolute atomic E-state index is 0.0827. The monoisotopic (exact) mass is 358 g/mol. The summed E-state index contributed by atoms with van der Waals surface area (Å²) in [6.07, 6.45) is 0.921. The van der Waals surface area contributed by atoms with Crippen LogP contribution in [0.1, 0.15) is 17.5 Å². The number of nitrogens with zero attached hydrogens (tertiary/aromatic N) is 2. The molecule has 132 valence electrons. The van der Waals surface area contributed by atoms with Gasteiger partial charge < -0.3 is 4.74 Å². The molecule has 0 N–H and O–H groups in total. The molecule has 1 saturated heterocycles. The largest absolute Gasteiger partial charge is 0.497 e. The van der Waals surface area contributed by atoms with Crippen molar-refractivity contribution >= 4 is 23.2 Å². The van der Waals surface area contributed by atoms with E-state index < -0.39 is 0 Å². The van der Waals surface area contributed by atoms with Gasteiger partial charge in [0.25, 0.3) is 0 Å². The van der Waals surface area contributed by atoms with Gasteiger partial charge in [-0.05, 0) is 53.6 Å². The molecule has 1 aliphatic rings. The van der Waals surface area contributed by atoms with Crippen LogP contribution in [0.4, 0.5) is 0 Å². The van der Waals surface area contributed by atoms with E-state index in [2.05, 4.69) is 5.38 Å². The lowest BCUT2D eigenvalue weighted by Crippen LogP contribution is -2.40. The van der Waals surface area contributed by atoms with Crippen LogP contribution in [-0.2, 0) is 22.6 Å². The van der Waals surface area contributed by atoms with Gasteiger partial charge in [-0.1, -0.05) is 12.1 Å². The van der Waals surface area contributed by atoms with Crippen LogP contribution in [0.2, 0.25) is 0 Å². The van der Waals surface area contributed by atoms with Crippen molar-refractivity contribution < 1.29 is 14.3 Å². The molecule has 1 fully saturated rings. The van der Waals surface area contributed by atoms with Gasteiger partial charge >= 0.3 is 0 Å². The molecular formula is C19H22N2O3S. The molecule has 0 saturated carbocycles. The third-order valence-corrected chi connectivity index (χ3v) is 5.28. The van der Waals surface area contributed by atoms with Crippen LogP contribution in [0.25, 0.3) is 0 Å². The average Bonchev–Trinajstić information content (AvgIpc) is 3.22. The molecule has 5 nitrogen and oxygen atoms in total. The topological polar surface area (TPSA) is 49.9 Å². The van der Waals surface area contributed by atoms with E-state index in [0.717, 1.165) is 11.3 Å². The first-order valence-electron chi connectivity index (χ1n) is 8.27. The maximum Gasteiger partial charge on any atom is 0.247 e. The lowest BCUT2D eigenvalue weighted by molar-refractivity contribution is -0.139. The maximum atomic E-state index is 12.7. The molecule has 0 radical (unpaired) electrons. The van der Waals surface area contributed by atoms with E-state index in [1.54, 1.807) is 18.4 Å². The number of thiophene rings is 1. The highest BCUT2D eigenvalue weighted by molar-refractivity contribution is 7.07. The molecule has 6 heteroatoms. The molecular weight excluding hydrogens is 336 g/mol. The Kier molecular flexibility index (Phi) is 5.50. The summed E-state index contributed by atoms with van der Waals surface area (Å²) in [6.45, 7) is 1.10. The molecule has 25 heavy (non-hydrogen) atoms. The summed E-state index contributed by atoms with van der Waals surface area (Å²) in [7, 11) is 3.53. The Labute approximate surface area is 151 Å². The molecule has 1 aromatic heterocycles. The number of likely N-dealkylation sites (N-methyl/N-ethyl adjacent to an activating group) is 1. The second-order valence-electron chi connectivity index (χ2n) is 6.25. The lowest BCUT2D eigenvalue weighted by atomic mass is 10.1. The molecule has 1 atom stereocenters. The molecule has 1 aliphatic heterocycles. The fourth-order valence-electron chi connectivity index (χ4n) is 3.06. The Hall–Kier alpha value is -2.18. The number of hydrogen-bond acceptors (Lipinski definition) is 5. The number of rotatable bonds is 7. The van der Waals surface area contributed by atoms with E-state index in [1.807, 2.05) is 47.7 Å². The summed E-state index contributed by atoms with van der Waals surface area (Å²) in [6, 6.07) is 9.39. The van der Waals surface area contributed by atoms with Gasteiger partial charge in [0.05, 0.1) is 19.6 Å². The molecule has 2 amide bonds. The second-order valence-corrected chi connectivity index (χ2v) is 7.03. The Bertz CT molecular complexity index is 728. The van der Waals surface area contributed by atoms with Crippen LogP contribution in [0.3, 0.4) is 0 Å². The Morgan fingerprint density at radius 3 is 2.60 bits per heavy atom. The van der Waals surface area contributed by atoms with E-state index in [0.29, 0.717) is 19.5 Å². The molecule has 2 aromatic rings. The molecule has 0 bridgehead atoms. The van der Waals surface area contributed by atoms with Gasteiger partial charge in [0, 0.05) is 13.1 Å². The molecule has 0 aliphatic carbocycles. The van der Waals surface area contributed by atoms with Crippen molar-refractivity contribution in [3.8, 4) is 5.75 Å².